The summed E-state index contributed by atoms with van der Waals surface area (Å²) in [7, 11) is 0. The maximum absolute atomic E-state index is 11.9. The number of nitrogens with zero attached hydrogens (tertiary/aromatic N) is 4. The van der Waals surface area contributed by atoms with Crippen LogP contribution in [-0.2, 0) is 11.2 Å². The van der Waals surface area contributed by atoms with E-state index in [2.05, 4.69) is 66.1 Å². The molecule has 2 atom stereocenters. The van der Waals surface area contributed by atoms with E-state index in [9.17, 15) is 4.79 Å². The average Bonchev–Trinajstić information content (AvgIpc) is 3.24. The van der Waals surface area contributed by atoms with Crippen molar-refractivity contribution in [2.45, 2.75) is 39.3 Å². The Balaban J connectivity index is 1.27. The van der Waals surface area contributed by atoms with Crippen LogP contribution >= 0.6 is 0 Å². The Kier molecular flexibility index (Phi) is 5.94. The first kappa shape index (κ1) is 21.7. The van der Waals surface area contributed by atoms with Gasteiger partial charge in [-0.3, -0.25) is 14.8 Å². The average molecular weight is 445 g/mol. The van der Waals surface area contributed by atoms with Crippen molar-refractivity contribution in [1.82, 2.24) is 9.88 Å². The molecule has 0 N–H and O–H groups in total. The van der Waals surface area contributed by atoms with Crippen molar-refractivity contribution in [3.63, 3.8) is 0 Å². The Morgan fingerprint density at radius 2 is 1.94 bits per heavy atom. The third-order valence-electron chi connectivity index (χ3n) is 6.95. The SMILES string of the molecule is Cc1ccc2c(N3CCN(C(C)Cc4cccc(N5CCOC5=O)c4)[C@H](C)C3)cccc2n1. The van der Waals surface area contributed by atoms with E-state index in [-0.39, 0.29) is 6.09 Å². The summed E-state index contributed by atoms with van der Waals surface area (Å²) in [6.45, 7) is 10.8. The van der Waals surface area contributed by atoms with E-state index in [0.29, 0.717) is 25.2 Å². The highest BCUT2D eigenvalue weighted by atomic mass is 16.6. The van der Waals surface area contributed by atoms with E-state index in [4.69, 9.17) is 9.72 Å². The van der Waals surface area contributed by atoms with Crippen molar-refractivity contribution in [2.75, 3.05) is 42.6 Å². The van der Waals surface area contributed by atoms with Crippen molar-refractivity contribution in [3.05, 3.63) is 65.9 Å². The molecule has 3 heterocycles. The van der Waals surface area contributed by atoms with Gasteiger partial charge in [-0.05, 0) is 69.2 Å². The Labute approximate surface area is 195 Å². The maximum atomic E-state index is 11.9. The first-order valence-electron chi connectivity index (χ1n) is 11.9. The van der Waals surface area contributed by atoms with Gasteiger partial charge in [0, 0.05) is 54.2 Å². The number of hydrogen-bond donors (Lipinski definition) is 0. The third-order valence-corrected chi connectivity index (χ3v) is 6.95. The van der Waals surface area contributed by atoms with Gasteiger partial charge in [0.1, 0.15) is 6.61 Å². The van der Waals surface area contributed by atoms with Crippen molar-refractivity contribution in [1.29, 1.82) is 0 Å². The van der Waals surface area contributed by atoms with E-state index in [1.807, 2.05) is 19.1 Å². The van der Waals surface area contributed by atoms with Crippen LogP contribution in [0.3, 0.4) is 0 Å². The van der Waals surface area contributed by atoms with Crippen LogP contribution in [0.25, 0.3) is 10.9 Å². The summed E-state index contributed by atoms with van der Waals surface area (Å²) in [4.78, 5) is 23.5. The lowest BCUT2D eigenvalue weighted by Gasteiger charge is -2.44. The fraction of sp³-hybridized carbons (Fsp3) is 0.407. The smallest absolute Gasteiger partial charge is 0.414 e. The van der Waals surface area contributed by atoms with Gasteiger partial charge in [0.25, 0.3) is 0 Å². The molecular weight excluding hydrogens is 412 g/mol. The molecule has 0 saturated carbocycles. The number of anilines is 2. The highest BCUT2D eigenvalue weighted by molar-refractivity contribution is 5.92. The molecule has 5 rings (SSSR count). The normalized spacial score (nSPS) is 20.3. The Morgan fingerprint density at radius 3 is 2.73 bits per heavy atom. The number of pyridine rings is 1. The minimum Gasteiger partial charge on any atom is -0.447 e. The molecule has 6 nitrogen and oxygen atoms in total. The fourth-order valence-corrected chi connectivity index (χ4v) is 5.30. The van der Waals surface area contributed by atoms with Gasteiger partial charge in [0.05, 0.1) is 12.1 Å². The van der Waals surface area contributed by atoms with Crippen LogP contribution in [0, 0.1) is 6.92 Å². The van der Waals surface area contributed by atoms with Gasteiger partial charge < -0.3 is 9.64 Å². The van der Waals surface area contributed by atoms with Crippen LogP contribution in [0.15, 0.2) is 54.6 Å². The molecule has 2 aliphatic heterocycles. The van der Waals surface area contributed by atoms with Crippen LogP contribution in [0.1, 0.15) is 25.1 Å². The van der Waals surface area contributed by atoms with E-state index in [0.717, 1.165) is 43.0 Å². The van der Waals surface area contributed by atoms with E-state index in [1.54, 1.807) is 4.90 Å². The molecule has 1 unspecified atom stereocenters. The van der Waals surface area contributed by atoms with Gasteiger partial charge in [-0.15, -0.1) is 0 Å². The zero-order valence-electron chi connectivity index (χ0n) is 19.7. The predicted octanol–water partition coefficient (Wildman–Crippen LogP) is 4.64. The molecule has 2 saturated heterocycles. The summed E-state index contributed by atoms with van der Waals surface area (Å²) in [5.74, 6) is 0. The van der Waals surface area contributed by atoms with E-state index < -0.39 is 0 Å². The molecule has 0 radical (unpaired) electrons. The maximum Gasteiger partial charge on any atom is 0.414 e. The molecule has 0 spiro atoms. The van der Waals surface area contributed by atoms with Gasteiger partial charge in [-0.2, -0.15) is 0 Å². The predicted molar refractivity (Wildman–Crippen MR) is 133 cm³/mol. The number of hydrogen-bond acceptors (Lipinski definition) is 5. The lowest BCUT2D eigenvalue weighted by Crippen LogP contribution is -2.55. The minimum atomic E-state index is -0.247. The summed E-state index contributed by atoms with van der Waals surface area (Å²) in [6.07, 6.45) is 0.710. The number of aromatic nitrogens is 1. The van der Waals surface area contributed by atoms with Gasteiger partial charge in [-0.25, -0.2) is 4.79 Å². The standard InChI is InChI=1S/C27H32N4O2/c1-19-10-11-24-25(28-19)8-5-9-26(24)29-12-13-30(21(3)18-29)20(2)16-22-6-4-7-23(17-22)31-14-15-33-27(31)32/h4-11,17,20-21H,12-16,18H2,1-3H3/t20?,21-/m1/s1. The second-order valence-electron chi connectivity index (χ2n) is 9.32. The Morgan fingerprint density at radius 1 is 1.09 bits per heavy atom. The molecule has 2 aliphatic rings. The van der Waals surface area contributed by atoms with Crippen LogP contribution in [0.5, 0.6) is 0 Å². The number of rotatable bonds is 5. The summed E-state index contributed by atoms with van der Waals surface area (Å²) in [6, 6.07) is 19.9. The largest absolute Gasteiger partial charge is 0.447 e. The molecule has 33 heavy (non-hydrogen) atoms. The van der Waals surface area contributed by atoms with Gasteiger partial charge >= 0.3 is 6.09 Å². The van der Waals surface area contributed by atoms with Gasteiger partial charge in [0.15, 0.2) is 0 Å². The molecule has 172 valence electrons. The molecule has 6 heteroatoms. The number of benzene rings is 2. The topological polar surface area (TPSA) is 48.9 Å². The summed E-state index contributed by atoms with van der Waals surface area (Å²) < 4.78 is 5.10. The third kappa shape index (κ3) is 4.40. The van der Waals surface area contributed by atoms with Crippen LogP contribution in [0.2, 0.25) is 0 Å². The highest BCUT2D eigenvalue weighted by Gasteiger charge is 2.29. The number of fused-ring (bicyclic) bond motifs is 1. The highest BCUT2D eigenvalue weighted by Crippen LogP contribution is 2.29. The number of amides is 1. The van der Waals surface area contributed by atoms with E-state index in [1.165, 1.54) is 16.6 Å². The molecule has 0 bridgehead atoms. The number of carbonyl (C=O) groups is 1. The lowest BCUT2D eigenvalue weighted by molar-refractivity contribution is 0.138. The number of ether oxygens (including phenoxy) is 1. The molecule has 1 amide bonds. The lowest BCUT2D eigenvalue weighted by atomic mass is 10.0. The zero-order chi connectivity index (χ0) is 22.9. The van der Waals surface area contributed by atoms with Crippen LogP contribution in [0.4, 0.5) is 16.2 Å². The van der Waals surface area contributed by atoms with Crippen LogP contribution in [-0.4, -0.2) is 60.8 Å². The number of piperazine rings is 1. The Hall–Kier alpha value is -3.12. The molecule has 2 aromatic carbocycles. The molecular formula is C27H32N4O2. The summed E-state index contributed by atoms with van der Waals surface area (Å²) in [5, 5.41) is 1.23. The van der Waals surface area contributed by atoms with Crippen molar-refractivity contribution < 1.29 is 9.53 Å². The van der Waals surface area contributed by atoms with Crippen molar-refractivity contribution in [3.8, 4) is 0 Å². The van der Waals surface area contributed by atoms with Gasteiger partial charge in [0.2, 0.25) is 0 Å². The zero-order valence-corrected chi connectivity index (χ0v) is 19.7. The number of cyclic esters (lactones) is 1. The number of carbonyl (C=O) groups excluding carboxylic acids is 1. The fourth-order valence-electron chi connectivity index (χ4n) is 5.30. The van der Waals surface area contributed by atoms with E-state index >= 15 is 0 Å². The Bertz CT molecular complexity index is 1160. The second kappa shape index (κ2) is 9.02. The first-order valence-corrected chi connectivity index (χ1v) is 11.9. The minimum absolute atomic E-state index is 0.247. The summed E-state index contributed by atoms with van der Waals surface area (Å²) in [5.41, 5.74) is 5.59. The first-order chi connectivity index (χ1) is 16.0. The molecule has 0 aliphatic carbocycles. The molecule has 2 fully saturated rings. The van der Waals surface area contributed by atoms with Crippen LogP contribution < -0.4 is 9.80 Å². The summed E-state index contributed by atoms with van der Waals surface area (Å²) >= 11 is 0. The monoisotopic (exact) mass is 444 g/mol. The second-order valence-corrected chi connectivity index (χ2v) is 9.32. The number of aryl methyl sites for hydroxylation is 1. The molecule has 3 aromatic rings. The van der Waals surface area contributed by atoms with Crippen molar-refractivity contribution in [2.24, 2.45) is 0 Å². The van der Waals surface area contributed by atoms with Gasteiger partial charge in [-0.1, -0.05) is 18.2 Å². The molecule has 1 aromatic heterocycles. The quantitative estimate of drug-likeness (QED) is 0.574. The van der Waals surface area contributed by atoms with Crippen molar-refractivity contribution >= 4 is 28.4 Å².